The number of fused-ring (bicyclic) bond motifs is 1. The lowest BCUT2D eigenvalue weighted by Gasteiger charge is -2.26. The number of aryl methyl sites for hydroxylation is 1. The monoisotopic (exact) mass is 433 g/mol. The van der Waals surface area contributed by atoms with E-state index in [0.29, 0.717) is 17.7 Å². The predicted octanol–water partition coefficient (Wildman–Crippen LogP) is 3.67. The first-order valence-electron chi connectivity index (χ1n) is 9.92. The number of nitrogens with two attached hydrogens (primary N) is 1. The smallest absolute Gasteiger partial charge is 0.371 e. The number of ether oxygens (including phenoxy) is 1. The van der Waals surface area contributed by atoms with Crippen LogP contribution in [0.25, 0.3) is 22.5 Å². The van der Waals surface area contributed by atoms with Gasteiger partial charge in [-0.05, 0) is 25.8 Å². The van der Waals surface area contributed by atoms with Gasteiger partial charge in [0.1, 0.15) is 0 Å². The van der Waals surface area contributed by atoms with Crippen molar-refractivity contribution < 1.29 is 17.9 Å². The summed E-state index contributed by atoms with van der Waals surface area (Å²) in [5, 5.41) is 4.25. The third-order valence-electron chi connectivity index (χ3n) is 5.12. The van der Waals surface area contributed by atoms with Crippen molar-refractivity contribution in [2.45, 2.75) is 51.6 Å². The summed E-state index contributed by atoms with van der Waals surface area (Å²) in [6.45, 7) is 3.23. The zero-order chi connectivity index (χ0) is 22.3. The van der Waals surface area contributed by atoms with Gasteiger partial charge in [-0.2, -0.15) is 13.2 Å². The van der Waals surface area contributed by atoms with Crippen LogP contribution >= 0.6 is 0 Å². The van der Waals surface area contributed by atoms with Crippen molar-refractivity contribution in [2.75, 3.05) is 5.73 Å². The van der Waals surface area contributed by atoms with E-state index in [1.165, 1.54) is 0 Å². The van der Waals surface area contributed by atoms with Crippen LogP contribution in [0.2, 0.25) is 0 Å². The molecule has 1 aliphatic heterocycles. The van der Waals surface area contributed by atoms with Crippen LogP contribution in [0.1, 0.15) is 32.3 Å². The number of hydrogen-bond donors (Lipinski definition) is 1. The van der Waals surface area contributed by atoms with Crippen LogP contribution in [0.4, 0.5) is 19.1 Å². The molecule has 7 nitrogen and oxygen atoms in total. The van der Waals surface area contributed by atoms with Crippen molar-refractivity contribution in [3.8, 4) is 11.3 Å². The standard InChI is InChI=1S/C21H22F3N5O2/c1-12-10-15(11-13(2)31-12)16-17(14-6-4-3-5-7-14)26-19(25)29-18(16)27-28(20(29)30)9-8-21(22,23)24/h3-7,10,12-13H,8-9,11H2,1-2H3,(H2,25,26)/t12-,13+/m0/s1. The molecule has 0 spiro atoms. The summed E-state index contributed by atoms with van der Waals surface area (Å²) in [5.41, 5.74) is 8.22. The first-order chi connectivity index (χ1) is 14.6. The molecule has 2 aromatic heterocycles. The minimum absolute atomic E-state index is 0.0877. The topological polar surface area (TPSA) is 87.4 Å². The SMILES string of the molecule is C[C@@H]1CC(c2c(-c3ccccc3)nc(N)n3c(=O)n(CCC(F)(F)F)nc23)=C[C@H](C)O1. The van der Waals surface area contributed by atoms with Crippen LogP contribution in [0.3, 0.4) is 0 Å². The molecular formula is C21H22F3N5O2. The van der Waals surface area contributed by atoms with Crippen LogP contribution in [-0.2, 0) is 11.3 Å². The second-order valence-electron chi connectivity index (χ2n) is 7.64. The largest absolute Gasteiger partial charge is 0.390 e. The van der Waals surface area contributed by atoms with Gasteiger partial charge in [0.25, 0.3) is 0 Å². The van der Waals surface area contributed by atoms with E-state index in [1.54, 1.807) is 0 Å². The normalized spacial score (nSPS) is 19.6. The summed E-state index contributed by atoms with van der Waals surface area (Å²) in [4.78, 5) is 17.3. The van der Waals surface area contributed by atoms with Crippen LogP contribution in [0, 0.1) is 0 Å². The molecule has 1 aliphatic rings. The maximum absolute atomic E-state index is 12.8. The van der Waals surface area contributed by atoms with Crippen LogP contribution in [-0.4, -0.2) is 37.5 Å². The molecule has 4 rings (SSSR count). The summed E-state index contributed by atoms with van der Waals surface area (Å²) in [5.74, 6) is -0.130. The van der Waals surface area contributed by atoms with E-state index in [9.17, 15) is 18.0 Å². The number of nitrogen functional groups attached to an aromatic ring is 1. The molecule has 2 N–H and O–H groups in total. The summed E-state index contributed by atoms with van der Waals surface area (Å²) in [7, 11) is 0. The summed E-state index contributed by atoms with van der Waals surface area (Å²) in [6, 6.07) is 9.26. The minimum atomic E-state index is -4.41. The molecule has 0 radical (unpaired) electrons. The summed E-state index contributed by atoms with van der Waals surface area (Å²) < 4.78 is 45.9. The van der Waals surface area contributed by atoms with Crippen LogP contribution < -0.4 is 11.4 Å². The Kier molecular flexibility index (Phi) is 5.34. The predicted molar refractivity (Wildman–Crippen MR) is 110 cm³/mol. The second kappa shape index (κ2) is 7.84. The maximum Gasteiger partial charge on any atom is 0.390 e. The number of anilines is 1. The Labute approximate surface area is 176 Å². The molecule has 0 fully saturated rings. The van der Waals surface area contributed by atoms with Gasteiger partial charge in [-0.15, -0.1) is 5.10 Å². The van der Waals surface area contributed by atoms with E-state index in [-0.39, 0.29) is 23.8 Å². The van der Waals surface area contributed by atoms with Gasteiger partial charge in [-0.3, -0.25) is 0 Å². The fraction of sp³-hybridized carbons (Fsp3) is 0.381. The van der Waals surface area contributed by atoms with Crippen LogP contribution in [0.15, 0.2) is 41.2 Å². The fourth-order valence-electron chi connectivity index (χ4n) is 3.88. The molecule has 0 saturated heterocycles. The first-order valence-corrected chi connectivity index (χ1v) is 9.92. The highest BCUT2D eigenvalue weighted by Gasteiger charge is 2.29. The number of aromatic nitrogens is 4. The number of alkyl halides is 3. The number of halogens is 3. The number of nitrogens with zero attached hydrogens (tertiary/aromatic N) is 4. The van der Waals surface area contributed by atoms with Gasteiger partial charge in [-0.1, -0.05) is 36.4 Å². The molecule has 0 saturated carbocycles. The lowest BCUT2D eigenvalue weighted by Crippen LogP contribution is -2.25. The van der Waals surface area contributed by atoms with Gasteiger partial charge >= 0.3 is 11.9 Å². The Morgan fingerprint density at radius 2 is 1.94 bits per heavy atom. The molecule has 3 aromatic rings. The zero-order valence-electron chi connectivity index (χ0n) is 17.1. The zero-order valence-corrected chi connectivity index (χ0v) is 17.1. The van der Waals surface area contributed by atoms with Crippen molar-refractivity contribution in [3.63, 3.8) is 0 Å². The Balaban J connectivity index is 1.99. The lowest BCUT2D eigenvalue weighted by atomic mass is 9.93. The van der Waals surface area contributed by atoms with Crippen molar-refractivity contribution >= 4 is 17.2 Å². The molecule has 10 heteroatoms. The Bertz CT molecular complexity index is 1200. The molecule has 3 heterocycles. The van der Waals surface area contributed by atoms with Gasteiger partial charge < -0.3 is 10.5 Å². The van der Waals surface area contributed by atoms with Gasteiger partial charge in [0.2, 0.25) is 5.95 Å². The Morgan fingerprint density at radius 1 is 1.23 bits per heavy atom. The summed E-state index contributed by atoms with van der Waals surface area (Å²) in [6.07, 6.45) is -3.40. The van der Waals surface area contributed by atoms with E-state index >= 15 is 0 Å². The quantitative estimate of drug-likeness (QED) is 0.678. The minimum Gasteiger partial charge on any atom is -0.371 e. The van der Waals surface area contributed by atoms with Crippen LogP contribution in [0.5, 0.6) is 0 Å². The number of rotatable bonds is 4. The van der Waals surface area contributed by atoms with E-state index in [0.717, 1.165) is 20.2 Å². The molecular weight excluding hydrogens is 411 g/mol. The lowest BCUT2D eigenvalue weighted by molar-refractivity contribution is -0.137. The molecule has 2 atom stereocenters. The molecule has 31 heavy (non-hydrogen) atoms. The molecule has 0 amide bonds. The average molecular weight is 433 g/mol. The highest BCUT2D eigenvalue weighted by molar-refractivity contribution is 5.87. The third kappa shape index (κ3) is 4.20. The molecule has 0 unspecified atom stereocenters. The molecule has 1 aromatic carbocycles. The first kappa shape index (κ1) is 21.1. The second-order valence-corrected chi connectivity index (χ2v) is 7.64. The Hall–Kier alpha value is -3.14. The van der Waals surface area contributed by atoms with E-state index < -0.39 is 24.8 Å². The maximum atomic E-state index is 12.8. The highest BCUT2D eigenvalue weighted by atomic mass is 19.4. The average Bonchev–Trinajstić information content (AvgIpc) is 3.02. The molecule has 0 bridgehead atoms. The van der Waals surface area contributed by atoms with E-state index in [1.807, 2.05) is 50.3 Å². The van der Waals surface area contributed by atoms with E-state index in [2.05, 4.69) is 10.1 Å². The Morgan fingerprint density at radius 3 is 2.58 bits per heavy atom. The summed E-state index contributed by atoms with van der Waals surface area (Å²) >= 11 is 0. The van der Waals surface area contributed by atoms with Gasteiger partial charge in [0, 0.05) is 11.1 Å². The fourth-order valence-corrected chi connectivity index (χ4v) is 3.88. The van der Waals surface area contributed by atoms with Crippen molar-refractivity contribution in [2.24, 2.45) is 0 Å². The van der Waals surface area contributed by atoms with Crippen molar-refractivity contribution in [3.05, 3.63) is 52.5 Å². The number of hydrogen-bond acceptors (Lipinski definition) is 5. The number of benzene rings is 1. The van der Waals surface area contributed by atoms with Crippen molar-refractivity contribution in [1.29, 1.82) is 0 Å². The van der Waals surface area contributed by atoms with E-state index in [4.69, 9.17) is 10.5 Å². The molecule has 0 aliphatic carbocycles. The van der Waals surface area contributed by atoms with Gasteiger partial charge in [0.15, 0.2) is 5.65 Å². The third-order valence-corrected chi connectivity index (χ3v) is 5.12. The van der Waals surface area contributed by atoms with Crippen molar-refractivity contribution in [1.82, 2.24) is 19.2 Å². The van der Waals surface area contributed by atoms with Gasteiger partial charge in [-0.25, -0.2) is 18.9 Å². The van der Waals surface area contributed by atoms with Gasteiger partial charge in [0.05, 0.1) is 30.9 Å². The highest BCUT2D eigenvalue weighted by Crippen LogP contribution is 2.36. The molecule has 164 valence electrons.